The standard InChI is InChI=1S/C20H18F3NO3/c1-27-14-6-7-17(20(21,22)23)15(10-14)12-4-2-3-5-18-16(8-12)13(11-24-18)9-19(25)26/h2,4,6-8,10-11,18H,3,5,9H2,1H3,(H,25,26)/b4-2-,12-8+. The second-order valence-electron chi connectivity index (χ2n) is 6.33. The Balaban J connectivity index is 2.17. The number of hydrogen-bond acceptors (Lipinski definition) is 3. The van der Waals surface area contributed by atoms with Gasteiger partial charge in [-0.3, -0.25) is 9.79 Å². The van der Waals surface area contributed by atoms with Crippen molar-refractivity contribution in [2.24, 2.45) is 4.99 Å². The Kier molecular flexibility index (Phi) is 5.21. The highest BCUT2D eigenvalue weighted by atomic mass is 19.4. The maximum Gasteiger partial charge on any atom is 0.417 e. The summed E-state index contributed by atoms with van der Waals surface area (Å²) < 4.78 is 45.7. The number of carbonyl (C=O) groups is 1. The number of rotatable bonds is 4. The first kappa shape index (κ1) is 18.9. The maximum absolute atomic E-state index is 13.5. The van der Waals surface area contributed by atoms with Crippen LogP contribution in [0.1, 0.15) is 30.4 Å². The third kappa shape index (κ3) is 4.13. The van der Waals surface area contributed by atoms with Gasteiger partial charge in [0.2, 0.25) is 0 Å². The summed E-state index contributed by atoms with van der Waals surface area (Å²) in [6.07, 6.45) is 3.17. The number of hydrogen-bond donors (Lipinski definition) is 1. The van der Waals surface area contributed by atoms with Crippen LogP contribution in [0.15, 0.2) is 52.6 Å². The predicted molar refractivity (Wildman–Crippen MR) is 95.9 cm³/mol. The molecule has 1 aliphatic carbocycles. The van der Waals surface area contributed by atoms with Gasteiger partial charge in [-0.2, -0.15) is 13.2 Å². The lowest BCUT2D eigenvalue weighted by molar-refractivity contribution is -0.138. The van der Waals surface area contributed by atoms with Gasteiger partial charge < -0.3 is 9.84 Å². The van der Waals surface area contributed by atoms with Crippen LogP contribution in [0, 0.1) is 0 Å². The highest BCUT2D eigenvalue weighted by Crippen LogP contribution is 2.39. The molecule has 1 atom stereocenters. The molecule has 3 rings (SSSR count). The number of ether oxygens (including phenoxy) is 1. The molecule has 1 aromatic rings. The Labute approximate surface area is 154 Å². The smallest absolute Gasteiger partial charge is 0.417 e. The molecule has 4 nitrogen and oxygen atoms in total. The van der Waals surface area contributed by atoms with Gasteiger partial charge in [0.05, 0.1) is 25.1 Å². The lowest BCUT2D eigenvalue weighted by atomic mass is 9.90. The van der Waals surface area contributed by atoms with Gasteiger partial charge in [0.15, 0.2) is 0 Å². The molecule has 0 saturated carbocycles. The number of alkyl halides is 3. The van der Waals surface area contributed by atoms with Crippen molar-refractivity contribution >= 4 is 17.8 Å². The van der Waals surface area contributed by atoms with Gasteiger partial charge in [-0.1, -0.05) is 12.2 Å². The molecule has 0 saturated heterocycles. The number of nitrogens with zero attached hydrogens (tertiary/aromatic N) is 1. The van der Waals surface area contributed by atoms with Crippen LogP contribution in [-0.2, 0) is 11.0 Å². The summed E-state index contributed by atoms with van der Waals surface area (Å²) in [7, 11) is 1.39. The second kappa shape index (κ2) is 7.42. The van der Waals surface area contributed by atoms with E-state index in [1.165, 1.54) is 25.5 Å². The quantitative estimate of drug-likeness (QED) is 0.829. The highest BCUT2D eigenvalue weighted by Gasteiger charge is 2.34. The third-order valence-electron chi connectivity index (χ3n) is 4.54. The van der Waals surface area contributed by atoms with Crippen molar-refractivity contribution in [1.29, 1.82) is 0 Å². The zero-order valence-corrected chi connectivity index (χ0v) is 14.6. The lowest BCUT2D eigenvalue weighted by Gasteiger charge is -2.18. The molecule has 0 aromatic heterocycles. The monoisotopic (exact) mass is 377 g/mol. The summed E-state index contributed by atoms with van der Waals surface area (Å²) in [6.45, 7) is 0. The first-order valence-electron chi connectivity index (χ1n) is 8.41. The molecule has 1 aromatic carbocycles. The summed E-state index contributed by atoms with van der Waals surface area (Å²) in [4.78, 5) is 15.4. The lowest BCUT2D eigenvalue weighted by Crippen LogP contribution is -2.11. The molecule has 1 unspecified atom stereocenters. The number of benzene rings is 1. The van der Waals surface area contributed by atoms with Crippen molar-refractivity contribution in [2.75, 3.05) is 7.11 Å². The van der Waals surface area contributed by atoms with E-state index in [9.17, 15) is 18.0 Å². The van der Waals surface area contributed by atoms with Crippen molar-refractivity contribution in [2.45, 2.75) is 31.5 Å². The number of carboxylic acids is 1. The number of aliphatic carboxylic acids is 1. The van der Waals surface area contributed by atoms with Gasteiger partial charge in [0, 0.05) is 6.21 Å². The molecule has 0 amide bonds. The number of halogens is 3. The highest BCUT2D eigenvalue weighted by molar-refractivity contribution is 5.92. The molecule has 27 heavy (non-hydrogen) atoms. The molecule has 2 aliphatic rings. The number of fused-ring (bicyclic) bond motifs is 1. The second-order valence-corrected chi connectivity index (χ2v) is 6.33. The fourth-order valence-corrected chi connectivity index (χ4v) is 3.26. The molecule has 0 spiro atoms. The Morgan fingerprint density at radius 2 is 2.15 bits per heavy atom. The summed E-state index contributed by atoms with van der Waals surface area (Å²) in [5.74, 6) is -0.692. The van der Waals surface area contributed by atoms with Gasteiger partial charge in [-0.05, 0) is 59.4 Å². The van der Waals surface area contributed by atoms with Crippen LogP contribution in [0.3, 0.4) is 0 Å². The Morgan fingerprint density at radius 1 is 1.37 bits per heavy atom. The minimum Gasteiger partial charge on any atom is -0.497 e. The molecule has 0 radical (unpaired) electrons. The zero-order chi connectivity index (χ0) is 19.6. The summed E-state index contributed by atoms with van der Waals surface area (Å²) >= 11 is 0. The average Bonchev–Trinajstić information content (AvgIpc) is 2.93. The van der Waals surface area contributed by atoms with E-state index in [-0.39, 0.29) is 18.0 Å². The normalized spacial score (nSPS) is 22.5. The minimum absolute atomic E-state index is 0.00664. The summed E-state index contributed by atoms with van der Waals surface area (Å²) in [6, 6.07) is 3.38. The summed E-state index contributed by atoms with van der Waals surface area (Å²) in [5, 5.41) is 9.10. The van der Waals surface area contributed by atoms with E-state index in [0.717, 1.165) is 6.07 Å². The first-order valence-corrected chi connectivity index (χ1v) is 8.41. The molecule has 1 heterocycles. The molecule has 7 heteroatoms. The average molecular weight is 377 g/mol. The maximum atomic E-state index is 13.5. The fraction of sp³-hybridized carbons (Fsp3) is 0.300. The van der Waals surface area contributed by atoms with Crippen LogP contribution >= 0.6 is 0 Å². The van der Waals surface area contributed by atoms with E-state index in [1.54, 1.807) is 12.2 Å². The molecule has 1 N–H and O–H groups in total. The SMILES string of the molecule is COc1ccc(C(F)(F)F)c(C2=C/C3=C(CC(=O)O)C=NC3CC/C=C\2)c1. The zero-order valence-electron chi connectivity index (χ0n) is 14.6. The molecular formula is C20H18F3NO3. The van der Waals surface area contributed by atoms with Crippen molar-refractivity contribution in [3.05, 3.63) is 58.7 Å². The predicted octanol–water partition coefficient (Wildman–Crippen LogP) is 4.67. The molecule has 142 valence electrons. The number of allylic oxidation sites excluding steroid dienone is 3. The van der Waals surface area contributed by atoms with Crippen LogP contribution in [-0.4, -0.2) is 30.4 Å². The number of carboxylic acid groups (broad SMARTS) is 1. The minimum atomic E-state index is -4.53. The van der Waals surface area contributed by atoms with Crippen LogP contribution in [0.2, 0.25) is 0 Å². The van der Waals surface area contributed by atoms with Crippen molar-refractivity contribution < 1.29 is 27.8 Å². The Hall–Kier alpha value is -2.83. The molecule has 0 fully saturated rings. The number of aliphatic imine (C=N–C) groups is 1. The van der Waals surface area contributed by atoms with Gasteiger partial charge >= 0.3 is 12.1 Å². The Morgan fingerprint density at radius 3 is 2.81 bits per heavy atom. The van der Waals surface area contributed by atoms with Gasteiger partial charge in [-0.25, -0.2) is 0 Å². The van der Waals surface area contributed by atoms with E-state index in [2.05, 4.69) is 4.99 Å². The molecular weight excluding hydrogens is 359 g/mol. The number of methoxy groups -OCH3 is 1. The van der Waals surface area contributed by atoms with Gasteiger partial charge in [-0.15, -0.1) is 0 Å². The topological polar surface area (TPSA) is 58.9 Å². The van der Waals surface area contributed by atoms with E-state index >= 15 is 0 Å². The third-order valence-corrected chi connectivity index (χ3v) is 4.54. The van der Waals surface area contributed by atoms with Gasteiger partial charge in [0.25, 0.3) is 0 Å². The van der Waals surface area contributed by atoms with E-state index in [4.69, 9.17) is 9.84 Å². The largest absolute Gasteiger partial charge is 0.497 e. The van der Waals surface area contributed by atoms with Crippen molar-refractivity contribution in [3.8, 4) is 5.75 Å². The molecule has 1 aliphatic heterocycles. The fourth-order valence-electron chi connectivity index (χ4n) is 3.26. The van der Waals surface area contributed by atoms with E-state index in [1.807, 2.05) is 6.08 Å². The van der Waals surface area contributed by atoms with Crippen LogP contribution in [0.4, 0.5) is 13.2 Å². The van der Waals surface area contributed by atoms with Crippen LogP contribution in [0.5, 0.6) is 5.75 Å². The summed E-state index contributed by atoms with van der Waals surface area (Å²) in [5.41, 5.74) is 0.766. The first-order chi connectivity index (χ1) is 12.8. The van der Waals surface area contributed by atoms with E-state index < -0.39 is 17.7 Å². The van der Waals surface area contributed by atoms with Gasteiger partial charge in [0.1, 0.15) is 5.75 Å². The molecule has 0 bridgehead atoms. The van der Waals surface area contributed by atoms with E-state index in [0.29, 0.717) is 35.3 Å². The van der Waals surface area contributed by atoms with Crippen LogP contribution in [0.25, 0.3) is 5.57 Å². The van der Waals surface area contributed by atoms with Crippen molar-refractivity contribution in [3.63, 3.8) is 0 Å². The van der Waals surface area contributed by atoms with Crippen molar-refractivity contribution in [1.82, 2.24) is 0 Å². The Bertz CT molecular complexity index is 879. The van der Waals surface area contributed by atoms with Crippen LogP contribution < -0.4 is 4.74 Å².